The van der Waals surface area contributed by atoms with Crippen LogP contribution in [-0.2, 0) is 6.54 Å². The second kappa shape index (κ2) is 4.00. The summed E-state index contributed by atoms with van der Waals surface area (Å²) in [5.41, 5.74) is 0. The summed E-state index contributed by atoms with van der Waals surface area (Å²) in [6.45, 7) is 2.67. The van der Waals surface area contributed by atoms with Crippen LogP contribution in [0.3, 0.4) is 0 Å². The van der Waals surface area contributed by atoms with Gasteiger partial charge in [-0.05, 0) is 16.8 Å². The average molecular weight is 158 g/mol. The molecule has 0 aliphatic rings. The van der Waals surface area contributed by atoms with Gasteiger partial charge in [0.25, 0.3) is 0 Å². The van der Waals surface area contributed by atoms with E-state index < -0.39 is 6.08 Å². The standard InChI is InChI=1S/C6H11FN4/c1-2-3-4-5-11-6(7)8-9-10-11/h2-5H2,1H3. The molecule has 0 saturated carbocycles. The Balaban J connectivity index is 2.32. The smallest absolute Gasteiger partial charge is 0.202 e. The molecule has 0 spiro atoms. The Kier molecular flexibility index (Phi) is 2.95. The Morgan fingerprint density at radius 3 is 2.82 bits per heavy atom. The van der Waals surface area contributed by atoms with Crippen LogP contribution < -0.4 is 0 Å². The van der Waals surface area contributed by atoms with Crippen molar-refractivity contribution in [2.45, 2.75) is 32.7 Å². The molecule has 0 aromatic carbocycles. The summed E-state index contributed by atoms with van der Waals surface area (Å²) >= 11 is 0. The first-order valence-corrected chi connectivity index (χ1v) is 3.76. The number of aromatic nitrogens is 4. The van der Waals surface area contributed by atoms with Crippen LogP contribution in [0.4, 0.5) is 4.39 Å². The second-order valence-electron chi connectivity index (χ2n) is 2.38. The zero-order chi connectivity index (χ0) is 8.10. The van der Waals surface area contributed by atoms with E-state index in [1.54, 1.807) is 0 Å². The number of aryl methyl sites for hydroxylation is 1. The lowest BCUT2D eigenvalue weighted by molar-refractivity contribution is 0.422. The van der Waals surface area contributed by atoms with Gasteiger partial charge in [0.15, 0.2) is 0 Å². The molecule has 0 aliphatic heterocycles. The molecule has 0 amide bonds. The highest BCUT2D eigenvalue weighted by Crippen LogP contribution is 1.97. The summed E-state index contributed by atoms with van der Waals surface area (Å²) in [6, 6.07) is 0. The zero-order valence-corrected chi connectivity index (χ0v) is 6.50. The molecule has 0 atom stereocenters. The van der Waals surface area contributed by atoms with E-state index in [2.05, 4.69) is 22.4 Å². The molecule has 0 bridgehead atoms. The van der Waals surface area contributed by atoms with Gasteiger partial charge >= 0.3 is 6.08 Å². The number of hydrogen-bond acceptors (Lipinski definition) is 3. The van der Waals surface area contributed by atoms with Crippen molar-refractivity contribution in [1.82, 2.24) is 20.2 Å². The minimum Gasteiger partial charge on any atom is -0.202 e. The molecule has 1 aromatic heterocycles. The lowest BCUT2D eigenvalue weighted by atomic mass is 10.2. The Morgan fingerprint density at radius 1 is 1.45 bits per heavy atom. The van der Waals surface area contributed by atoms with Crippen LogP contribution >= 0.6 is 0 Å². The molecule has 1 heterocycles. The molecule has 62 valence electrons. The lowest BCUT2D eigenvalue weighted by Crippen LogP contribution is -2.03. The fourth-order valence-corrected chi connectivity index (χ4v) is 0.842. The second-order valence-corrected chi connectivity index (χ2v) is 2.38. The Hall–Kier alpha value is -1.00. The van der Waals surface area contributed by atoms with E-state index in [9.17, 15) is 4.39 Å². The van der Waals surface area contributed by atoms with E-state index >= 15 is 0 Å². The summed E-state index contributed by atoms with van der Waals surface area (Å²) in [6.07, 6.45) is 2.53. The maximum atomic E-state index is 12.5. The summed E-state index contributed by atoms with van der Waals surface area (Å²) in [5.74, 6) is 0. The maximum absolute atomic E-state index is 12.5. The first kappa shape index (κ1) is 8.10. The van der Waals surface area contributed by atoms with Crippen LogP contribution in [0.5, 0.6) is 0 Å². The van der Waals surface area contributed by atoms with Crippen LogP contribution in [0, 0.1) is 6.08 Å². The van der Waals surface area contributed by atoms with Crippen LogP contribution in [0.2, 0.25) is 0 Å². The van der Waals surface area contributed by atoms with Crippen molar-refractivity contribution in [3.63, 3.8) is 0 Å². The van der Waals surface area contributed by atoms with Gasteiger partial charge in [-0.2, -0.15) is 4.39 Å². The van der Waals surface area contributed by atoms with Crippen molar-refractivity contribution in [2.24, 2.45) is 0 Å². The van der Waals surface area contributed by atoms with Crippen molar-refractivity contribution in [2.75, 3.05) is 0 Å². The molecule has 0 aliphatic carbocycles. The molecule has 0 radical (unpaired) electrons. The Labute approximate surface area is 64.4 Å². The summed E-state index contributed by atoms with van der Waals surface area (Å²) in [4.78, 5) is 0. The van der Waals surface area contributed by atoms with Crippen LogP contribution in [0.15, 0.2) is 0 Å². The largest absolute Gasteiger partial charge is 0.327 e. The minimum absolute atomic E-state index is 0.576. The van der Waals surface area contributed by atoms with E-state index in [4.69, 9.17) is 0 Å². The first-order chi connectivity index (χ1) is 5.34. The fourth-order valence-electron chi connectivity index (χ4n) is 0.842. The molecule has 0 fully saturated rings. The molecule has 0 N–H and O–H groups in total. The van der Waals surface area contributed by atoms with E-state index in [0.29, 0.717) is 6.54 Å². The maximum Gasteiger partial charge on any atom is 0.327 e. The predicted octanol–water partition coefficient (Wildman–Crippen LogP) is 1.00. The minimum atomic E-state index is -0.596. The first-order valence-electron chi connectivity index (χ1n) is 3.76. The normalized spacial score (nSPS) is 10.4. The van der Waals surface area contributed by atoms with Crippen molar-refractivity contribution < 1.29 is 4.39 Å². The van der Waals surface area contributed by atoms with Crippen molar-refractivity contribution >= 4 is 0 Å². The number of rotatable bonds is 4. The van der Waals surface area contributed by atoms with Crippen LogP contribution in [0.25, 0.3) is 0 Å². The van der Waals surface area contributed by atoms with Gasteiger partial charge in [0.1, 0.15) is 0 Å². The quantitative estimate of drug-likeness (QED) is 0.614. The van der Waals surface area contributed by atoms with Crippen LogP contribution in [0.1, 0.15) is 26.2 Å². The molecular formula is C6H11FN4. The van der Waals surface area contributed by atoms with Gasteiger partial charge in [0, 0.05) is 6.54 Å². The molecule has 4 nitrogen and oxygen atoms in total. The topological polar surface area (TPSA) is 43.6 Å². The highest BCUT2D eigenvalue weighted by atomic mass is 19.1. The molecular weight excluding hydrogens is 147 g/mol. The predicted molar refractivity (Wildman–Crippen MR) is 37.3 cm³/mol. The molecule has 1 aromatic rings. The number of nitrogens with zero attached hydrogens (tertiary/aromatic N) is 4. The highest BCUT2D eigenvalue weighted by Gasteiger charge is 2.01. The fraction of sp³-hybridized carbons (Fsp3) is 0.833. The number of halogens is 1. The molecule has 5 heteroatoms. The molecule has 0 unspecified atom stereocenters. The molecule has 0 saturated heterocycles. The van der Waals surface area contributed by atoms with Crippen LogP contribution in [-0.4, -0.2) is 20.2 Å². The number of hydrogen-bond donors (Lipinski definition) is 0. The zero-order valence-electron chi connectivity index (χ0n) is 6.50. The number of tetrazole rings is 1. The molecule has 11 heavy (non-hydrogen) atoms. The van der Waals surface area contributed by atoms with Gasteiger partial charge in [0.2, 0.25) is 0 Å². The van der Waals surface area contributed by atoms with E-state index in [0.717, 1.165) is 19.3 Å². The van der Waals surface area contributed by atoms with Gasteiger partial charge in [-0.25, -0.2) is 4.68 Å². The molecule has 1 rings (SSSR count). The Morgan fingerprint density at radius 2 is 2.27 bits per heavy atom. The van der Waals surface area contributed by atoms with Crippen molar-refractivity contribution in [1.29, 1.82) is 0 Å². The summed E-state index contributed by atoms with van der Waals surface area (Å²) < 4.78 is 13.7. The summed E-state index contributed by atoms with van der Waals surface area (Å²) in [5, 5.41) is 9.79. The SMILES string of the molecule is CCCCCn1nnnc1F. The van der Waals surface area contributed by atoms with Gasteiger partial charge in [0.05, 0.1) is 0 Å². The van der Waals surface area contributed by atoms with Gasteiger partial charge < -0.3 is 0 Å². The van der Waals surface area contributed by atoms with E-state index in [1.807, 2.05) is 0 Å². The Bertz CT molecular complexity index is 210. The van der Waals surface area contributed by atoms with Gasteiger partial charge in [-0.1, -0.05) is 24.9 Å². The van der Waals surface area contributed by atoms with E-state index in [-0.39, 0.29) is 0 Å². The van der Waals surface area contributed by atoms with Crippen molar-refractivity contribution in [3.05, 3.63) is 6.08 Å². The average Bonchev–Trinajstić information content (AvgIpc) is 2.37. The third-order valence-electron chi connectivity index (χ3n) is 1.46. The monoisotopic (exact) mass is 158 g/mol. The summed E-state index contributed by atoms with van der Waals surface area (Å²) in [7, 11) is 0. The lowest BCUT2D eigenvalue weighted by Gasteiger charge is -1.96. The third kappa shape index (κ3) is 2.25. The van der Waals surface area contributed by atoms with Gasteiger partial charge in [-0.3, -0.25) is 0 Å². The van der Waals surface area contributed by atoms with Gasteiger partial charge in [-0.15, -0.1) is 0 Å². The highest BCUT2D eigenvalue weighted by molar-refractivity contribution is 4.52. The van der Waals surface area contributed by atoms with Crippen molar-refractivity contribution in [3.8, 4) is 0 Å². The third-order valence-corrected chi connectivity index (χ3v) is 1.46. The number of unbranched alkanes of at least 4 members (excludes halogenated alkanes) is 2. The van der Waals surface area contributed by atoms with E-state index in [1.165, 1.54) is 4.68 Å².